The van der Waals surface area contributed by atoms with Crippen molar-refractivity contribution in [2.75, 3.05) is 0 Å². The van der Waals surface area contributed by atoms with Crippen molar-refractivity contribution in [1.29, 1.82) is 0 Å². The SMILES string of the molecule is Cc1cc([N+](=O)[O-])nn1C(C)C(=O)NC(C)C1CC2CCC1C2. The van der Waals surface area contributed by atoms with Gasteiger partial charge in [-0.2, -0.15) is 4.68 Å². The quantitative estimate of drug-likeness (QED) is 0.667. The van der Waals surface area contributed by atoms with Gasteiger partial charge in [0.1, 0.15) is 6.04 Å². The van der Waals surface area contributed by atoms with Gasteiger partial charge in [0, 0.05) is 6.04 Å². The van der Waals surface area contributed by atoms with Crippen LogP contribution in [-0.4, -0.2) is 26.7 Å². The number of carbonyl (C=O) groups is 1. The smallest absolute Gasteiger partial charge is 0.358 e. The van der Waals surface area contributed by atoms with Crippen LogP contribution in [0.25, 0.3) is 0 Å². The summed E-state index contributed by atoms with van der Waals surface area (Å²) in [4.78, 5) is 22.8. The third-order valence-corrected chi connectivity index (χ3v) is 5.65. The van der Waals surface area contributed by atoms with Crippen molar-refractivity contribution in [3.63, 3.8) is 0 Å². The van der Waals surface area contributed by atoms with Crippen LogP contribution in [0.15, 0.2) is 6.07 Å². The molecule has 1 aromatic rings. The lowest BCUT2D eigenvalue weighted by atomic mass is 9.84. The topological polar surface area (TPSA) is 90.1 Å². The Morgan fingerprint density at radius 3 is 2.70 bits per heavy atom. The zero-order valence-electron chi connectivity index (χ0n) is 13.9. The number of amides is 1. The average molecular weight is 320 g/mol. The molecule has 3 rings (SSSR count). The van der Waals surface area contributed by atoms with Crippen molar-refractivity contribution in [3.05, 3.63) is 21.9 Å². The Bertz CT molecular complexity index is 627. The zero-order valence-corrected chi connectivity index (χ0v) is 13.9. The number of aromatic nitrogens is 2. The molecule has 2 aliphatic rings. The number of nitrogens with zero attached hydrogens (tertiary/aromatic N) is 3. The molecular weight excluding hydrogens is 296 g/mol. The summed E-state index contributed by atoms with van der Waals surface area (Å²) in [6.07, 6.45) is 5.15. The lowest BCUT2D eigenvalue weighted by Crippen LogP contribution is -2.43. The van der Waals surface area contributed by atoms with E-state index in [1.807, 2.05) is 0 Å². The van der Waals surface area contributed by atoms with Crippen LogP contribution in [0, 0.1) is 34.8 Å². The van der Waals surface area contributed by atoms with Crippen LogP contribution >= 0.6 is 0 Å². The molecule has 2 fully saturated rings. The first-order chi connectivity index (χ1) is 10.9. The Hall–Kier alpha value is -1.92. The Labute approximate surface area is 135 Å². The Kier molecular flexibility index (Phi) is 4.12. The van der Waals surface area contributed by atoms with Crippen LogP contribution in [0.5, 0.6) is 0 Å². The van der Waals surface area contributed by atoms with Crippen molar-refractivity contribution in [1.82, 2.24) is 15.1 Å². The second-order valence-electron chi connectivity index (χ2n) is 7.16. The largest absolute Gasteiger partial charge is 0.390 e. The van der Waals surface area contributed by atoms with Crippen LogP contribution in [0.3, 0.4) is 0 Å². The van der Waals surface area contributed by atoms with Crippen molar-refractivity contribution >= 4 is 11.7 Å². The van der Waals surface area contributed by atoms with E-state index in [0.717, 1.165) is 11.8 Å². The molecule has 1 amide bonds. The highest BCUT2D eigenvalue weighted by molar-refractivity contribution is 5.80. The molecule has 5 unspecified atom stereocenters. The van der Waals surface area contributed by atoms with Crippen molar-refractivity contribution in [2.24, 2.45) is 17.8 Å². The van der Waals surface area contributed by atoms with E-state index >= 15 is 0 Å². The Balaban J connectivity index is 1.64. The first kappa shape index (κ1) is 16.0. The zero-order chi connectivity index (χ0) is 16.7. The predicted octanol–water partition coefficient (Wildman–Crippen LogP) is 2.60. The van der Waals surface area contributed by atoms with Crippen LogP contribution < -0.4 is 5.32 Å². The van der Waals surface area contributed by atoms with E-state index in [0.29, 0.717) is 11.6 Å². The number of hydrogen-bond acceptors (Lipinski definition) is 4. The van der Waals surface area contributed by atoms with Gasteiger partial charge in [-0.05, 0) is 62.7 Å². The molecule has 7 nitrogen and oxygen atoms in total. The van der Waals surface area contributed by atoms with E-state index < -0.39 is 11.0 Å². The molecule has 1 N–H and O–H groups in total. The molecule has 1 heterocycles. The molecule has 7 heteroatoms. The highest BCUT2D eigenvalue weighted by atomic mass is 16.6. The first-order valence-corrected chi connectivity index (χ1v) is 8.37. The van der Waals surface area contributed by atoms with Gasteiger partial charge in [-0.1, -0.05) is 6.42 Å². The molecule has 5 atom stereocenters. The van der Waals surface area contributed by atoms with Crippen molar-refractivity contribution < 1.29 is 9.72 Å². The number of aryl methyl sites for hydroxylation is 1. The fourth-order valence-corrected chi connectivity index (χ4v) is 4.42. The Morgan fingerprint density at radius 1 is 1.43 bits per heavy atom. The number of nitrogens with one attached hydrogen (secondary N) is 1. The van der Waals surface area contributed by atoms with Crippen LogP contribution in [0.2, 0.25) is 0 Å². The lowest BCUT2D eigenvalue weighted by molar-refractivity contribution is -0.389. The van der Waals surface area contributed by atoms with E-state index in [1.165, 1.54) is 36.4 Å². The summed E-state index contributed by atoms with van der Waals surface area (Å²) in [5, 5.41) is 17.8. The monoisotopic (exact) mass is 320 g/mol. The standard InChI is InChI=1S/C16H24N4O3/c1-9-6-15(20(22)23)18-19(9)11(3)16(21)17-10(2)14-8-12-4-5-13(14)7-12/h6,10-14H,4-5,7-8H2,1-3H3,(H,17,21). The maximum absolute atomic E-state index is 12.5. The number of rotatable bonds is 5. The van der Waals surface area contributed by atoms with Gasteiger partial charge in [-0.15, -0.1) is 0 Å². The maximum atomic E-state index is 12.5. The summed E-state index contributed by atoms with van der Waals surface area (Å²) in [6.45, 7) is 5.53. The molecule has 126 valence electrons. The molecule has 0 saturated heterocycles. The van der Waals surface area contributed by atoms with E-state index in [1.54, 1.807) is 13.8 Å². The summed E-state index contributed by atoms with van der Waals surface area (Å²) in [5.41, 5.74) is 0.618. The minimum Gasteiger partial charge on any atom is -0.358 e. The number of fused-ring (bicyclic) bond motifs is 2. The number of carbonyl (C=O) groups excluding carboxylic acids is 1. The van der Waals surface area contributed by atoms with Crippen molar-refractivity contribution in [3.8, 4) is 0 Å². The van der Waals surface area contributed by atoms with Gasteiger partial charge in [0.25, 0.3) is 0 Å². The third-order valence-electron chi connectivity index (χ3n) is 5.65. The molecule has 2 aliphatic carbocycles. The number of hydrogen-bond donors (Lipinski definition) is 1. The van der Waals surface area contributed by atoms with Gasteiger partial charge in [0.2, 0.25) is 5.91 Å². The molecule has 0 spiro atoms. The van der Waals surface area contributed by atoms with Crippen LogP contribution in [-0.2, 0) is 4.79 Å². The van der Waals surface area contributed by atoms with Gasteiger partial charge in [-0.25, -0.2) is 0 Å². The predicted molar refractivity (Wildman–Crippen MR) is 84.9 cm³/mol. The van der Waals surface area contributed by atoms with E-state index in [-0.39, 0.29) is 17.8 Å². The minimum atomic E-state index is -0.551. The first-order valence-electron chi connectivity index (χ1n) is 8.37. The Morgan fingerprint density at radius 2 is 2.17 bits per heavy atom. The van der Waals surface area contributed by atoms with Gasteiger partial charge >= 0.3 is 5.82 Å². The van der Waals surface area contributed by atoms with E-state index in [9.17, 15) is 14.9 Å². The van der Waals surface area contributed by atoms with Crippen LogP contribution in [0.4, 0.5) is 5.82 Å². The lowest BCUT2D eigenvalue weighted by Gasteiger charge is -2.29. The summed E-state index contributed by atoms with van der Waals surface area (Å²) < 4.78 is 1.43. The van der Waals surface area contributed by atoms with Crippen molar-refractivity contribution in [2.45, 2.75) is 58.5 Å². The molecule has 2 bridgehead atoms. The fourth-order valence-electron chi connectivity index (χ4n) is 4.42. The number of nitro groups is 1. The fraction of sp³-hybridized carbons (Fsp3) is 0.750. The summed E-state index contributed by atoms with van der Waals surface area (Å²) in [5.74, 6) is 1.82. The van der Waals surface area contributed by atoms with Gasteiger partial charge in [-0.3, -0.25) is 4.79 Å². The molecule has 1 aromatic heterocycles. The highest BCUT2D eigenvalue weighted by Crippen LogP contribution is 2.49. The van der Waals surface area contributed by atoms with Gasteiger partial charge in [0.05, 0.1) is 16.9 Å². The van der Waals surface area contributed by atoms with Gasteiger partial charge < -0.3 is 15.4 Å². The van der Waals surface area contributed by atoms with E-state index in [2.05, 4.69) is 17.3 Å². The summed E-state index contributed by atoms with van der Waals surface area (Å²) >= 11 is 0. The second-order valence-corrected chi connectivity index (χ2v) is 7.16. The van der Waals surface area contributed by atoms with Gasteiger partial charge in [0.15, 0.2) is 0 Å². The second kappa shape index (κ2) is 5.94. The third kappa shape index (κ3) is 2.96. The molecule has 23 heavy (non-hydrogen) atoms. The van der Waals surface area contributed by atoms with Crippen LogP contribution in [0.1, 0.15) is 51.3 Å². The summed E-state index contributed by atoms with van der Waals surface area (Å²) in [7, 11) is 0. The molecule has 2 saturated carbocycles. The minimum absolute atomic E-state index is 0.124. The molecule has 0 aromatic carbocycles. The van der Waals surface area contributed by atoms with E-state index in [4.69, 9.17) is 0 Å². The normalized spacial score (nSPS) is 28.6. The average Bonchev–Trinajstić information content (AvgIpc) is 3.20. The maximum Gasteiger partial charge on any atom is 0.390 e. The molecular formula is C16H24N4O3. The molecule has 0 aliphatic heterocycles. The summed E-state index contributed by atoms with van der Waals surface area (Å²) in [6, 6.07) is 0.985. The highest BCUT2D eigenvalue weighted by Gasteiger charge is 2.42. The molecule has 0 radical (unpaired) electrons.